The second-order valence-electron chi connectivity index (χ2n) is 5.87. The molecule has 1 aliphatic heterocycles. The second kappa shape index (κ2) is 6.89. The van der Waals surface area contributed by atoms with Crippen molar-refractivity contribution in [2.75, 3.05) is 20.3 Å². The third-order valence-corrected chi connectivity index (χ3v) is 3.10. The van der Waals surface area contributed by atoms with Gasteiger partial charge in [-0.2, -0.15) is 0 Å². The van der Waals surface area contributed by atoms with Gasteiger partial charge in [0.15, 0.2) is 6.04 Å². The van der Waals surface area contributed by atoms with E-state index in [0.717, 1.165) is 0 Å². The molecule has 1 saturated heterocycles. The Labute approximate surface area is 124 Å². The molecule has 120 valence electrons. The van der Waals surface area contributed by atoms with E-state index in [2.05, 4.69) is 0 Å². The zero-order valence-corrected chi connectivity index (χ0v) is 13.2. The highest BCUT2D eigenvalue weighted by Crippen LogP contribution is 2.32. The van der Waals surface area contributed by atoms with E-state index in [4.69, 9.17) is 14.2 Å². The van der Waals surface area contributed by atoms with Gasteiger partial charge in [0, 0.05) is 5.41 Å². The van der Waals surface area contributed by atoms with Gasteiger partial charge in [-0.05, 0) is 6.92 Å². The first-order chi connectivity index (χ1) is 9.72. The Kier molecular flexibility index (Phi) is 5.71. The van der Waals surface area contributed by atoms with Gasteiger partial charge in [0.05, 0.1) is 20.3 Å². The molecule has 0 aromatic rings. The van der Waals surface area contributed by atoms with E-state index >= 15 is 0 Å². The molecule has 0 N–H and O–H groups in total. The summed E-state index contributed by atoms with van der Waals surface area (Å²) in [6.45, 7) is 7.59. The fourth-order valence-corrected chi connectivity index (χ4v) is 2.22. The number of amides is 1. The van der Waals surface area contributed by atoms with Crippen molar-refractivity contribution in [2.24, 2.45) is 5.41 Å². The quantitative estimate of drug-likeness (QED) is 0.562. The molecule has 0 bridgehead atoms. The predicted molar refractivity (Wildman–Crippen MR) is 73.1 cm³/mol. The number of rotatable bonds is 4. The van der Waals surface area contributed by atoms with Gasteiger partial charge in [0.2, 0.25) is 5.91 Å². The summed E-state index contributed by atoms with van der Waals surface area (Å²) in [6.07, 6.45) is -1.01. The lowest BCUT2D eigenvalue weighted by atomic mass is 9.93. The summed E-state index contributed by atoms with van der Waals surface area (Å²) in [5.41, 5.74) is -0.396. The maximum Gasteiger partial charge on any atom is 0.331 e. The number of carbonyl (C=O) groups is 3. The second-order valence-corrected chi connectivity index (χ2v) is 5.87. The molecule has 0 radical (unpaired) electrons. The predicted octanol–water partition coefficient (Wildman–Crippen LogP) is 0.712. The highest BCUT2D eigenvalue weighted by atomic mass is 16.5. The van der Waals surface area contributed by atoms with Crippen LogP contribution in [-0.4, -0.2) is 55.3 Å². The number of esters is 2. The van der Waals surface area contributed by atoms with Crippen LogP contribution in [0.1, 0.15) is 34.1 Å². The first-order valence-electron chi connectivity index (χ1n) is 6.88. The minimum atomic E-state index is -0.832. The molecule has 1 heterocycles. The molecule has 1 amide bonds. The molecule has 7 nitrogen and oxygen atoms in total. The highest BCUT2D eigenvalue weighted by molar-refractivity contribution is 5.96. The van der Waals surface area contributed by atoms with Gasteiger partial charge in [-0.3, -0.25) is 14.5 Å². The summed E-state index contributed by atoms with van der Waals surface area (Å²) in [4.78, 5) is 36.9. The van der Waals surface area contributed by atoms with Crippen LogP contribution < -0.4 is 0 Å². The third-order valence-electron chi connectivity index (χ3n) is 3.10. The molecular weight excluding hydrogens is 278 g/mol. The SMILES string of the molecule is CCOC(=O)CC(=O)N1[C@@H](C(=O)OC)CO[C@@H]1C(C)(C)C. The van der Waals surface area contributed by atoms with Crippen molar-refractivity contribution < 1.29 is 28.6 Å². The molecule has 2 atom stereocenters. The number of methoxy groups -OCH3 is 1. The normalized spacial score (nSPS) is 22.0. The lowest BCUT2D eigenvalue weighted by Crippen LogP contribution is -2.51. The van der Waals surface area contributed by atoms with Crippen molar-refractivity contribution in [3.63, 3.8) is 0 Å². The summed E-state index contributed by atoms with van der Waals surface area (Å²) < 4.78 is 15.1. The molecule has 0 aromatic carbocycles. The van der Waals surface area contributed by atoms with Crippen molar-refractivity contribution >= 4 is 17.8 Å². The van der Waals surface area contributed by atoms with Crippen LogP contribution in [0.5, 0.6) is 0 Å². The Morgan fingerprint density at radius 1 is 1.29 bits per heavy atom. The van der Waals surface area contributed by atoms with Crippen LogP contribution in [0.4, 0.5) is 0 Å². The molecule has 1 aliphatic rings. The lowest BCUT2D eigenvalue weighted by Gasteiger charge is -2.35. The summed E-state index contributed by atoms with van der Waals surface area (Å²) in [5, 5.41) is 0. The minimum absolute atomic E-state index is 0.0587. The number of hydrogen-bond acceptors (Lipinski definition) is 6. The van der Waals surface area contributed by atoms with Gasteiger partial charge in [-0.15, -0.1) is 0 Å². The molecule has 0 aromatic heterocycles. The van der Waals surface area contributed by atoms with Gasteiger partial charge in [-0.25, -0.2) is 4.79 Å². The van der Waals surface area contributed by atoms with E-state index in [1.807, 2.05) is 20.8 Å². The van der Waals surface area contributed by atoms with Crippen LogP contribution >= 0.6 is 0 Å². The minimum Gasteiger partial charge on any atom is -0.467 e. The molecule has 0 aliphatic carbocycles. The average Bonchev–Trinajstić information content (AvgIpc) is 2.82. The molecule has 1 rings (SSSR count). The number of hydrogen-bond donors (Lipinski definition) is 0. The van der Waals surface area contributed by atoms with Crippen LogP contribution in [-0.2, 0) is 28.6 Å². The summed E-state index contributed by atoms with van der Waals surface area (Å²) >= 11 is 0. The molecule has 1 fully saturated rings. The van der Waals surface area contributed by atoms with Crippen molar-refractivity contribution in [1.29, 1.82) is 0 Å². The van der Waals surface area contributed by atoms with Crippen molar-refractivity contribution in [1.82, 2.24) is 4.90 Å². The Hall–Kier alpha value is -1.63. The van der Waals surface area contributed by atoms with Crippen LogP contribution in [0.25, 0.3) is 0 Å². The maximum atomic E-state index is 12.4. The Bertz CT molecular complexity index is 414. The standard InChI is InChI=1S/C14H23NO6/c1-6-20-11(17)7-10(16)15-9(12(18)19-5)8-21-13(15)14(2,3)4/h9,13H,6-8H2,1-5H3/t9-,13-/m1/s1. The fraction of sp³-hybridized carbons (Fsp3) is 0.786. The zero-order valence-electron chi connectivity index (χ0n) is 13.2. The van der Waals surface area contributed by atoms with Crippen LogP contribution in [0, 0.1) is 5.41 Å². The van der Waals surface area contributed by atoms with Gasteiger partial charge in [0.1, 0.15) is 12.6 Å². The molecule has 0 spiro atoms. The topological polar surface area (TPSA) is 82.1 Å². The highest BCUT2D eigenvalue weighted by Gasteiger charge is 2.47. The summed E-state index contributed by atoms with van der Waals surface area (Å²) in [6, 6.07) is -0.832. The number of carbonyl (C=O) groups excluding carboxylic acids is 3. The monoisotopic (exact) mass is 301 g/mol. The van der Waals surface area contributed by atoms with Crippen LogP contribution in [0.2, 0.25) is 0 Å². The number of ether oxygens (including phenoxy) is 3. The van der Waals surface area contributed by atoms with Gasteiger partial charge < -0.3 is 14.2 Å². The van der Waals surface area contributed by atoms with E-state index in [0.29, 0.717) is 0 Å². The van der Waals surface area contributed by atoms with Crippen LogP contribution in [0.15, 0.2) is 0 Å². The van der Waals surface area contributed by atoms with Gasteiger partial charge >= 0.3 is 11.9 Å². The zero-order chi connectivity index (χ0) is 16.2. The Balaban J connectivity index is 2.94. The Morgan fingerprint density at radius 2 is 1.90 bits per heavy atom. The molecule has 7 heteroatoms. The van der Waals surface area contributed by atoms with Crippen molar-refractivity contribution in [3.05, 3.63) is 0 Å². The largest absolute Gasteiger partial charge is 0.467 e. The Morgan fingerprint density at radius 3 is 2.38 bits per heavy atom. The maximum absolute atomic E-state index is 12.4. The number of nitrogens with zero attached hydrogens (tertiary/aromatic N) is 1. The lowest BCUT2D eigenvalue weighted by molar-refractivity contribution is -0.159. The molecule has 0 unspecified atom stereocenters. The molecule has 21 heavy (non-hydrogen) atoms. The third kappa shape index (κ3) is 4.17. The van der Waals surface area contributed by atoms with Gasteiger partial charge in [0.25, 0.3) is 0 Å². The van der Waals surface area contributed by atoms with E-state index in [1.54, 1.807) is 6.92 Å². The van der Waals surface area contributed by atoms with E-state index in [9.17, 15) is 14.4 Å². The average molecular weight is 301 g/mol. The van der Waals surface area contributed by atoms with Crippen molar-refractivity contribution in [3.8, 4) is 0 Å². The fourth-order valence-electron chi connectivity index (χ4n) is 2.22. The van der Waals surface area contributed by atoms with E-state index in [-0.39, 0.29) is 13.2 Å². The van der Waals surface area contributed by atoms with E-state index < -0.39 is 42.0 Å². The summed E-state index contributed by atoms with van der Waals surface area (Å²) in [5.74, 6) is -1.68. The molecular formula is C14H23NO6. The molecule has 0 saturated carbocycles. The smallest absolute Gasteiger partial charge is 0.331 e. The van der Waals surface area contributed by atoms with Crippen molar-refractivity contribution in [2.45, 2.75) is 46.4 Å². The summed E-state index contributed by atoms with van der Waals surface area (Å²) in [7, 11) is 1.25. The van der Waals surface area contributed by atoms with Crippen LogP contribution in [0.3, 0.4) is 0 Å². The van der Waals surface area contributed by atoms with E-state index in [1.165, 1.54) is 12.0 Å². The first kappa shape index (κ1) is 17.4. The first-order valence-corrected chi connectivity index (χ1v) is 6.88. The van der Waals surface area contributed by atoms with Gasteiger partial charge in [-0.1, -0.05) is 20.8 Å².